The third-order valence-corrected chi connectivity index (χ3v) is 18.0. The lowest BCUT2D eigenvalue weighted by molar-refractivity contribution is 0.00727. The smallest absolute Gasteiger partial charge is 0.124 e. The molecule has 10 aromatic rings. The summed E-state index contributed by atoms with van der Waals surface area (Å²) in [6.07, 6.45) is 9.39. The van der Waals surface area contributed by atoms with Crippen LogP contribution in [-0.2, 0) is 10.8 Å². The van der Waals surface area contributed by atoms with E-state index < -0.39 is 0 Å². The predicted octanol–water partition coefficient (Wildman–Crippen LogP) is 17.5. The van der Waals surface area contributed by atoms with Crippen LogP contribution in [0.5, 0.6) is 11.5 Å². The van der Waals surface area contributed by atoms with Gasteiger partial charge in [-0.2, -0.15) is 0 Å². The van der Waals surface area contributed by atoms with E-state index in [9.17, 15) is 0 Å². The Kier molecular flexibility index (Phi) is 7.88. The molecule has 2 aliphatic heterocycles. The molecule has 2 heterocycles. The van der Waals surface area contributed by atoms with Gasteiger partial charge in [-0.15, -0.1) is 0 Å². The summed E-state index contributed by atoms with van der Waals surface area (Å²) in [6, 6.07) is 60.4. The molecule has 0 aromatic heterocycles. The van der Waals surface area contributed by atoms with Crippen LogP contribution in [0, 0.1) is 0 Å². The summed E-state index contributed by atoms with van der Waals surface area (Å²) in [5.74, 6) is 2.12. The van der Waals surface area contributed by atoms with Crippen LogP contribution in [0.3, 0.4) is 0 Å². The predicted molar refractivity (Wildman–Crippen MR) is 277 cm³/mol. The van der Waals surface area contributed by atoms with Crippen molar-refractivity contribution in [3.63, 3.8) is 0 Å². The summed E-state index contributed by atoms with van der Waals surface area (Å²) in [7, 11) is 0. The van der Waals surface area contributed by atoms with E-state index in [1.165, 1.54) is 135 Å². The maximum atomic E-state index is 6.92. The quantitative estimate of drug-likeness (QED) is 0.164. The second-order valence-corrected chi connectivity index (χ2v) is 21.2. The second kappa shape index (κ2) is 13.5. The molecule has 0 spiro atoms. The fourth-order valence-corrected chi connectivity index (χ4v) is 13.9. The van der Waals surface area contributed by atoms with Crippen molar-refractivity contribution in [1.29, 1.82) is 0 Å². The van der Waals surface area contributed by atoms with Crippen molar-refractivity contribution >= 4 is 53.9 Å². The van der Waals surface area contributed by atoms with Crippen LogP contribution < -0.4 is 9.47 Å². The van der Waals surface area contributed by atoms with E-state index in [-0.39, 0.29) is 22.0 Å². The highest BCUT2D eigenvalue weighted by Gasteiger charge is 2.56. The lowest BCUT2D eigenvalue weighted by Crippen LogP contribution is -2.49. The number of benzene rings is 10. The Hall–Kier alpha value is -6.64. The Morgan fingerprint density at radius 2 is 0.727 bits per heavy atom. The van der Waals surface area contributed by atoms with Gasteiger partial charge in [0.25, 0.3) is 0 Å². The van der Waals surface area contributed by atoms with Crippen LogP contribution in [0.25, 0.3) is 98.4 Å². The van der Waals surface area contributed by atoms with E-state index in [0.29, 0.717) is 0 Å². The Labute approximate surface area is 387 Å². The summed E-state index contributed by atoms with van der Waals surface area (Å²) >= 11 is 0. The van der Waals surface area contributed by atoms with Crippen molar-refractivity contribution < 1.29 is 9.47 Å². The maximum Gasteiger partial charge on any atom is 0.124 e. The van der Waals surface area contributed by atoms with Crippen molar-refractivity contribution in [2.75, 3.05) is 0 Å². The number of rotatable bonds is 4. The minimum absolute atomic E-state index is 0.0336. The third-order valence-electron chi connectivity index (χ3n) is 18.0. The van der Waals surface area contributed by atoms with Crippen molar-refractivity contribution in [2.24, 2.45) is 0 Å². The molecular weight excluding hydrogens is 801 g/mol. The normalized spacial score (nSPS) is 24.4. The van der Waals surface area contributed by atoms with E-state index in [1.54, 1.807) is 0 Å². The summed E-state index contributed by atoms with van der Waals surface area (Å²) < 4.78 is 13.8. The van der Waals surface area contributed by atoms with E-state index in [4.69, 9.17) is 9.47 Å². The molecule has 0 amide bonds. The first-order valence-corrected chi connectivity index (χ1v) is 24.6. The van der Waals surface area contributed by atoms with Crippen molar-refractivity contribution in [2.45, 2.75) is 101 Å². The first-order valence-electron chi connectivity index (χ1n) is 24.6. The Balaban J connectivity index is 1.11. The van der Waals surface area contributed by atoms with Gasteiger partial charge in [-0.3, -0.25) is 0 Å². The standard InChI is InChI=1S/C64H54O2/c1-61-31-9-11-33-63(61,3)65-57-29-23-41(35-55(57)61)51-37-53(45-21-13-17-39-15-5-7-19-43(39)45)49-28-26-48-52(42-24-30-58-56(36-42)62(2)32-10-12-34-64(62,4)66-58)38-54(50-27-25-47(51)59(49)60(48)50)46-22-14-18-40-16-6-8-20-44(40)46/h5-8,13-30,35-38H,9-12,31-34H2,1-4H3. The molecule has 4 unspecified atom stereocenters. The Bertz CT molecular complexity index is 3440. The van der Waals surface area contributed by atoms with Crippen LogP contribution in [0.1, 0.15) is 90.2 Å². The van der Waals surface area contributed by atoms with E-state index >= 15 is 0 Å². The van der Waals surface area contributed by atoms with Gasteiger partial charge in [-0.1, -0.05) is 148 Å². The molecule has 2 nitrogen and oxygen atoms in total. The van der Waals surface area contributed by atoms with Gasteiger partial charge in [0, 0.05) is 22.0 Å². The zero-order valence-corrected chi connectivity index (χ0v) is 38.5. The zero-order valence-electron chi connectivity index (χ0n) is 38.5. The average molecular weight is 855 g/mol. The molecule has 0 bridgehead atoms. The van der Waals surface area contributed by atoms with Gasteiger partial charge < -0.3 is 9.47 Å². The lowest BCUT2D eigenvalue weighted by atomic mass is 9.63. The fourth-order valence-electron chi connectivity index (χ4n) is 13.9. The molecule has 2 heteroatoms. The van der Waals surface area contributed by atoms with Crippen LogP contribution in [0.4, 0.5) is 0 Å². The Morgan fingerprint density at radius 1 is 0.333 bits per heavy atom. The van der Waals surface area contributed by atoms with Crippen LogP contribution >= 0.6 is 0 Å². The van der Waals surface area contributed by atoms with Gasteiger partial charge in [-0.05, 0) is 187 Å². The molecule has 66 heavy (non-hydrogen) atoms. The molecule has 2 saturated carbocycles. The van der Waals surface area contributed by atoms with Crippen molar-refractivity contribution in [3.05, 3.63) is 169 Å². The van der Waals surface area contributed by atoms with Crippen molar-refractivity contribution in [3.8, 4) is 56.0 Å². The highest BCUT2D eigenvalue weighted by atomic mass is 16.5. The molecule has 4 aliphatic rings. The number of ether oxygens (including phenoxy) is 2. The third kappa shape index (κ3) is 5.08. The van der Waals surface area contributed by atoms with E-state index in [0.717, 1.165) is 37.2 Å². The van der Waals surface area contributed by atoms with Crippen LogP contribution in [-0.4, -0.2) is 11.2 Å². The second-order valence-electron chi connectivity index (χ2n) is 21.2. The Morgan fingerprint density at radius 3 is 1.18 bits per heavy atom. The van der Waals surface area contributed by atoms with Gasteiger partial charge in [0.2, 0.25) is 0 Å². The first kappa shape index (κ1) is 38.6. The summed E-state index contributed by atoms with van der Waals surface area (Å²) in [6.45, 7) is 9.63. The molecule has 0 saturated heterocycles. The van der Waals surface area contributed by atoms with Gasteiger partial charge in [-0.25, -0.2) is 0 Å². The minimum atomic E-state index is -0.186. The summed E-state index contributed by atoms with van der Waals surface area (Å²) in [5.41, 5.74) is 12.4. The molecular formula is C64H54O2. The van der Waals surface area contributed by atoms with Gasteiger partial charge >= 0.3 is 0 Å². The van der Waals surface area contributed by atoms with E-state index in [1.807, 2.05) is 0 Å². The lowest BCUT2D eigenvalue weighted by Gasteiger charge is -2.43. The van der Waals surface area contributed by atoms with E-state index in [2.05, 4.69) is 185 Å². The van der Waals surface area contributed by atoms with Gasteiger partial charge in [0.15, 0.2) is 0 Å². The molecule has 0 radical (unpaired) electrons. The zero-order chi connectivity index (χ0) is 44.2. The highest BCUT2D eigenvalue weighted by molar-refractivity contribution is 6.32. The monoisotopic (exact) mass is 854 g/mol. The van der Waals surface area contributed by atoms with Crippen molar-refractivity contribution in [1.82, 2.24) is 0 Å². The molecule has 322 valence electrons. The molecule has 4 atom stereocenters. The molecule has 0 N–H and O–H groups in total. The summed E-state index contributed by atoms with van der Waals surface area (Å²) in [5, 5.41) is 12.9. The fraction of sp³-hybridized carbons (Fsp3) is 0.250. The largest absolute Gasteiger partial charge is 0.486 e. The average Bonchev–Trinajstić information content (AvgIpc) is 3.74. The molecule has 14 rings (SSSR count). The highest BCUT2D eigenvalue weighted by Crippen LogP contribution is 2.59. The number of hydrogen-bond acceptors (Lipinski definition) is 2. The number of hydrogen-bond donors (Lipinski definition) is 0. The summed E-state index contributed by atoms with van der Waals surface area (Å²) in [4.78, 5) is 0. The SMILES string of the molecule is CC12CCCCC1(C)c1cc(-c3cc(-c4cccc5ccccc45)c4ccc5c(-c6ccc7c(c6)C6(C)CCCCC6(C)O7)cc(-c6cccc7ccccc67)c6ccc3c4c56)ccc1O2. The number of fused-ring (bicyclic) bond motifs is 8. The first-order chi connectivity index (χ1) is 32.1. The van der Waals surface area contributed by atoms with Gasteiger partial charge in [0.1, 0.15) is 22.7 Å². The molecule has 2 aliphatic carbocycles. The minimum Gasteiger partial charge on any atom is -0.486 e. The molecule has 10 aromatic carbocycles. The van der Waals surface area contributed by atoms with Crippen LogP contribution in [0.15, 0.2) is 158 Å². The maximum absolute atomic E-state index is 6.92. The molecule has 2 fully saturated rings. The van der Waals surface area contributed by atoms with Gasteiger partial charge in [0.05, 0.1) is 0 Å². The topological polar surface area (TPSA) is 18.5 Å². The van der Waals surface area contributed by atoms with Crippen LogP contribution in [0.2, 0.25) is 0 Å².